The molecule has 4 heteroatoms. The number of nitrogens with zero attached hydrogens (tertiary/aromatic N) is 1. The van der Waals surface area contributed by atoms with Gasteiger partial charge in [0.05, 0.1) is 13.7 Å². The largest absolute Gasteiger partial charge is 0.494 e. The Labute approximate surface area is 124 Å². The van der Waals surface area contributed by atoms with Crippen LogP contribution in [0.3, 0.4) is 0 Å². The lowest BCUT2D eigenvalue weighted by Gasteiger charge is -2.19. The summed E-state index contributed by atoms with van der Waals surface area (Å²) in [6.45, 7) is 2.19. The van der Waals surface area contributed by atoms with Crippen molar-refractivity contribution in [1.82, 2.24) is 0 Å². The lowest BCUT2D eigenvalue weighted by molar-refractivity contribution is 0.1000. The minimum Gasteiger partial charge on any atom is -0.494 e. The molecule has 0 saturated heterocycles. The molecule has 0 spiro atoms. The van der Waals surface area contributed by atoms with E-state index >= 15 is 0 Å². The summed E-state index contributed by atoms with van der Waals surface area (Å²) in [5, 5.41) is 0. The highest BCUT2D eigenvalue weighted by atomic mass is 19.1. The third-order valence-electron chi connectivity index (χ3n) is 3.30. The smallest absolute Gasteiger partial charge is 0.182 e. The summed E-state index contributed by atoms with van der Waals surface area (Å²) >= 11 is 0. The van der Waals surface area contributed by atoms with Crippen molar-refractivity contribution in [1.29, 1.82) is 0 Å². The van der Waals surface area contributed by atoms with E-state index in [2.05, 4.69) is 0 Å². The lowest BCUT2D eigenvalue weighted by Crippen LogP contribution is -2.25. The Morgan fingerprint density at radius 1 is 1.24 bits per heavy atom. The maximum atomic E-state index is 13.6. The number of hydrogen-bond acceptors (Lipinski definition) is 3. The van der Waals surface area contributed by atoms with Crippen LogP contribution in [-0.4, -0.2) is 26.5 Å². The Kier molecular flexibility index (Phi) is 4.58. The summed E-state index contributed by atoms with van der Waals surface area (Å²) in [5.74, 6) is -0.527. The first-order valence-electron chi connectivity index (χ1n) is 6.66. The number of benzene rings is 2. The first kappa shape index (κ1) is 15.0. The molecule has 2 rings (SSSR count). The second-order valence-electron chi connectivity index (χ2n) is 4.97. The number of aryl methyl sites for hydroxylation is 1. The van der Waals surface area contributed by atoms with Gasteiger partial charge in [-0.3, -0.25) is 4.79 Å². The summed E-state index contributed by atoms with van der Waals surface area (Å²) in [6, 6.07) is 12.1. The van der Waals surface area contributed by atoms with E-state index in [1.807, 2.05) is 43.1 Å². The van der Waals surface area contributed by atoms with Gasteiger partial charge in [-0.25, -0.2) is 4.39 Å². The fourth-order valence-corrected chi connectivity index (χ4v) is 2.10. The summed E-state index contributed by atoms with van der Waals surface area (Å²) < 4.78 is 18.5. The molecule has 0 amide bonds. The van der Waals surface area contributed by atoms with E-state index in [9.17, 15) is 9.18 Å². The summed E-state index contributed by atoms with van der Waals surface area (Å²) in [7, 11) is 3.23. The number of carbonyl (C=O) groups is 1. The van der Waals surface area contributed by atoms with Crippen molar-refractivity contribution in [3.05, 3.63) is 59.4 Å². The van der Waals surface area contributed by atoms with Crippen molar-refractivity contribution >= 4 is 11.5 Å². The van der Waals surface area contributed by atoms with Crippen molar-refractivity contribution in [2.24, 2.45) is 0 Å². The van der Waals surface area contributed by atoms with Gasteiger partial charge in [0.15, 0.2) is 17.3 Å². The van der Waals surface area contributed by atoms with E-state index in [0.29, 0.717) is 5.56 Å². The first-order valence-corrected chi connectivity index (χ1v) is 6.66. The van der Waals surface area contributed by atoms with Gasteiger partial charge in [0.1, 0.15) is 0 Å². The van der Waals surface area contributed by atoms with Crippen LogP contribution in [0.15, 0.2) is 42.5 Å². The Morgan fingerprint density at radius 3 is 2.62 bits per heavy atom. The second kappa shape index (κ2) is 6.39. The second-order valence-corrected chi connectivity index (χ2v) is 4.97. The lowest BCUT2D eigenvalue weighted by atomic mass is 10.1. The van der Waals surface area contributed by atoms with E-state index < -0.39 is 5.82 Å². The van der Waals surface area contributed by atoms with Crippen molar-refractivity contribution < 1.29 is 13.9 Å². The van der Waals surface area contributed by atoms with Crippen molar-refractivity contribution in [3.8, 4) is 5.75 Å². The van der Waals surface area contributed by atoms with Crippen LogP contribution in [0.5, 0.6) is 5.75 Å². The fourth-order valence-electron chi connectivity index (χ4n) is 2.10. The Hall–Kier alpha value is -2.36. The topological polar surface area (TPSA) is 29.5 Å². The molecule has 0 unspecified atom stereocenters. The van der Waals surface area contributed by atoms with E-state index in [0.717, 1.165) is 11.3 Å². The molecule has 21 heavy (non-hydrogen) atoms. The molecule has 110 valence electrons. The van der Waals surface area contributed by atoms with Crippen molar-refractivity contribution in [2.45, 2.75) is 6.92 Å². The molecule has 0 saturated carbocycles. The number of Topliss-reactive ketones (excluding diaryl/α,β-unsaturated/α-hetero) is 1. The zero-order valence-electron chi connectivity index (χ0n) is 12.4. The molecule has 0 aliphatic carbocycles. The summed E-state index contributed by atoms with van der Waals surface area (Å²) in [6.07, 6.45) is 0. The van der Waals surface area contributed by atoms with Crippen molar-refractivity contribution in [2.75, 3.05) is 25.6 Å². The van der Waals surface area contributed by atoms with Gasteiger partial charge >= 0.3 is 0 Å². The number of likely N-dealkylation sites (N-methyl/N-ethyl adjacent to an activating group) is 1. The molecular weight excluding hydrogens is 269 g/mol. The molecule has 0 N–H and O–H groups in total. The number of carbonyl (C=O) groups excluding carboxylic acids is 1. The van der Waals surface area contributed by atoms with Gasteiger partial charge in [0.25, 0.3) is 0 Å². The summed E-state index contributed by atoms with van der Waals surface area (Å²) in [5.41, 5.74) is 2.42. The quantitative estimate of drug-likeness (QED) is 0.789. The van der Waals surface area contributed by atoms with Crippen LogP contribution in [0.4, 0.5) is 10.1 Å². The van der Waals surface area contributed by atoms with Gasteiger partial charge in [-0.2, -0.15) is 0 Å². The van der Waals surface area contributed by atoms with Crippen LogP contribution >= 0.6 is 0 Å². The molecular formula is C17H18FNO2. The van der Waals surface area contributed by atoms with Gasteiger partial charge < -0.3 is 9.64 Å². The highest BCUT2D eigenvalue weighted by Gasteiger charge is 2.13. The van der Waals surface area contributed by atoms with E-state index in [-0.39, 0.29) is 18.1 Å². The molecule has 2 aromatic rings. The fraction of sp³-hybridized carbons (Fsp3) is 0.235. The van der Waals surface area contributed by atoms with Crippen LogP contribution in [0, 0.1) is 12.7 Å². The van der Waals surface area contributed by atoms with Gasteiger partial charge in [-0.05, 0) is 42.8 Å². The predicted octanol–water partition coefficient (Wildman–Crippen LogP) is 3.46. The number of anilines is 1. The minimum absolute atomic E-state index is 0.138. The monoisotopic (exact) mass is 287 g/mol. The Balaban J connectivity index is 2.12. The van der Waals surface area contributed by atoms with Crippen molar-refractivity contribution in [3.63, 3.8) is 0 Å². The third kappa shape index (κ3) is 3.60. The average molecular weight is 287 g/mol. The minimum atomic E-state index is -0.526. The third-order valence-corrected chi connectivity index (χ3v) is 3.30. The van der Waals surface area contributed by atoms with Crippen LogP contribution in [0.25, 0.3) is 0 Å². The maximum Gasteiger partial charge on any atom is 0.182 e. The molecule has 0 radical (unpaired) electrons. The molecule has 0 aliphatic rings. The standard InChI is InChI=1S/C17H18FNO2/c1-12-5-4-6-14(9-12)19(2)11-16(20)13-7-8-17(21-3)15(18)10-13/h4-10H,11H2,1-3H3. The van der Waals surface area contributed by atoms with Crippen LogP contribution in [-0.2, 0) is 0 Å². The maximum absolute atomic E-state index is 13.6. The molecule has 0 aromatic heterocycles. The Bertz CT molecular complexity index is 655. The molecule has 0 fully saturated rings. The highest BCUT2D eigenvalue weighted by molar-refractivity contribution is 5.99. The van der Waals surface area contributed by atoms with Crippen LogP contribution in [0.1, 0.15) is 15.9 Å². The number of halogens is 1. The molecule has 0 bridgehead atoms. The zero-order chi connectivity index (χ0) is 15.4. The number of ether oxygens (including phenoxy) is 1. The normalized spacial score (nSPS) is 10.3. The van der Waals surface area contributed by atoms with E-state index in [1.165, 1.54) is 19.2 Å². The highest BCUT2D eigenvalue weighted by Crippen LogP contribution is 2.19. The molecule has 0 atom stereocenters. The first-order chi connectivity index (χ1) is 10.0. The predicted molar refractivity (Wildman–Crippen MR) is 81.7 cm³/mol. The zero-order valence-corrected chi connectivity index (χ0v) is 12.4. The van der Waals surface area contributed by atoms with Gasteiger partial charge in [-0.1, -0.05) is 12.1 Å². The number of hydrogen-bond donors (Lipinski definition) is 0. The summed E-state index contributed by atoms with van der Waals surface area (Å²) in [4.78, 5) is 14.1. The molecule has 3 nitrogen and oxygen atoms in total. The SMILES string of the molecule is COc1ccc(C(=O)CN(C)c2cccc(C)c2)cc1F. The van der Waals surface area contributed by atoms with Gasteiger partial charge in [0.2, 0.25) is 0 Å². The average Bonchev–Trinajstić information content (AvgIpc) is 2.47. The van der Waals surface area contributed by atoms with E-state index in [1.54, 1.807) is 6.07 Å². The van der Waals surface area contributed by atoms with Crippen LogP contribution in [0.2, 0.25) is 0 Å². The van der Waals surface area contributed by atoms with Crippen LogP contribution < -0.4 is 9.64 Å². The van der Waals surface area contributed by atoms with Gasteiger partial charge in [-0.15, -0.1) is 0 Å². The molecule has 0 heterocycles. The number of methoxy groups -OCH3 is 1. The number of ketones is 1. The molecule has 2 aromatic carbocycles. The van der Waals surface area contributed by atoms with Gasteiger partial charge in [0, 0.05) is 18.3 Å². The Morgan fingerprint density at radius 2 is 2.00 bits per heavy atom. The number of rotatable bonds is 5. The van der Waals surface area contributed by atoms with E-state index in [4.69, 9.17) is 4.74 Å². The molecule has 0 aliphatic heterocycles.